The van der Waals surface area contributed by atoms with Crippen LogP contribution >= 0.6 is 0 Å². The summed E-state index contributed by atoms with van der Waals surface area (Å²) in [6, 6.07) is 16.7. The molecule has 2 saturated heterocycles. The van der Waals surface area contributed by atoms with Crippen molar-refractivity contribution in [2.24, 2.45) is 0 Å². The molecule has 5 nitrogen and oxygen atoms in total. The average molecular weight is 434 g/mol. The van der Waals surface area contributed by atoms with Crippen LogP contribution in [-0.4, -0.2) is 41.1 Å². The number of benzene rings is 2. The van der Waals surface area contributed by atoms with Gasteiger partial charge in [0.2, 0.25) is 5.91 Å². The number of halogens is 2. The van der Waals surface area contributed by atoms with Crippen molar-refractivity contribution in [3.63, 3.8) is 0 Å². The molecule has 32 heavy (non-hydrogen) atoms. The number of likely N-dealkylation sites (tertiary alicyclic amines) is 1. The number of nitrogens with zero attached hydrogens (tertiary/aromatic N) is 3. The SMILES string of the molecule is O=C1NCN(c2ccc(F)cc2)C12CCN(Cc1ccnc(-c3ccc(F)cc3)c1)CC2. The van der Waals surface area contributed by atoms with Gasteiger partial charge in [0.1, 0.15) is 17.2 Å². The van der Waals surface area contributed by atoms with E-state index in [0.29, 0.717) is 19.5 Å². The lowest BCUT2D eigenvalue weighted by atomic mass is 9.85. The van der Waals surface area contributed by atoms with Crippen LogP contribution in [0.5, 0.6) is 0 Å². The van der Waals surface area contributed by atoms with Crippen molar-refractivity contribution >= 4 is 11.6 Å². The monoisotopic (exact) mass is 434 g/mol. The second-order valence-electron chi connectivity index (χ2n) is 8.43. The minimum absolute atomic E-state index is 0.0454. The van der Waals surface area contributed by atoms with E-state index in [2.05, 4.69) is 20.1 Å². The van der Waals surface area contributed by atoms with Gasteiger partial charge >= 0.3 is 0 Å². The van der Waals surface area contributed by atoms with Crippen molar-refractivity contribution in [1.82, 2.24) is 15.2 Å². The number of amides is 1. The highest BCUT2D eigenvalue weighted by molar-refractivity contribution is 5.93. The van der Waals surface area contributed by atoms with E-state index in [1.54, 1.807) is 30.5 Å². The lowest BCUT2D eigenvalue weighted by Crippen LogP contribution is -2.56. The van der Waals surface area contributed by atoms with E-state index < -0.39 is 5.54 Å². The van der Waals surface area contributed by atoms with Gasteiger partial charge in [0.25, 0.3) is 0 Å². The Labute approximate surface area is 185 Å². The van der Waals surface area contributed by atoms with Crippen LogP contribution in [-0.2, 0) is 11.3 Å². The lowest BCUT2D eigenvalue weighted by Gasteiger charge is -2.43. The van der Waals surface area contributed by atoms with Gasteiger partial charge in [0.15, 0.2) is 0 Å². The van der Waals surface area contributed by atoms with E-state index in [1.807, 2.05) is 12.1 Å². The number of pyridine rings is 1. The maximum atomic E-state index is 13.4. The van der Waals surface area contributed by atoms with Gasteiger partial charge in [-0.3, -0.25) is 14.7 Å². The minimum atomic E-state index is -0.591. The Morgan fingerprint density at radius 3 is 2.28 bits per heavy atom. The maximum absolute atomic E-state index is 13.4. The molecule has 3 heterocycles. The third-order valence-corrected chi connectivity index (χ3v) is 6.53. The second kappa shape index (κ2) is 8.31. The van der Waals surface area contributed by atoms with Crippen LogP contribution in [0.3, 0.4) is 0 Å². The lowest BCUT2D eigenvalue weighted by molar-refractivity contribution is -0.125. The molecule has 5 rings (SSSR count). The van der Waals surface area contributed by atoms with E-state index in [1.165, 1.54) is 24.3 Å². The Hall–Kier alpha value is -3.32. The van der Waals surface area contributed by atoms with Crippen LogP contribution in [0, 0.1) is 11.6 Å². The molecule has 1 amide bonds. The Bertz CT molecular complexity index is 1110. The molecule has 2 aliphatic rings. The first-order valence-corrected chi connectivity index (χ1v) is 10.8. The van der Waals surface area contributed by atoms with Crippen molar-refractivity contribution in [1.29, 1.82) is 0 Å². The minimum Gasteiger partial charge on any atom is -0.339 e. The first-order chi connectivity index (χ1) is 15.5. The smallest absolute Gasteiger partial charge is 0.247 e. The highest BCUT2D eigenvalue weighted by Gasteiger charge is 2.50. The quantitative estimate of drug-likeness (QED) is 0.676. The zero-order valence-electron chi connectivity index (χ0n) is 17.6. The summed E-state index contributed by atoms with van der Waals surface area (Å²) in [6.45, 7) is 2.75. The zero-order valence-corrected chi connectivity index (χ0v) is 17.6. The molecule has 0 atom stereocenters. The van der Waals surface area contributed by atoms with Crippen molar-refractivity contribution in [3.05, 3.63) is 84.1 Å². The molecule has 164 valence electrons. The van der Waals surface area contributed by atoms with Crippen LogP contribution in [0.25, 0.3) is 11.3 Å². The molecule has 1 aromatic heterocycles. The number of rotatable bonds is 4. The zero-order chi connectivity index (χ0) is 22.1. The number of nitrogens with one attached hydrogen (secondary N) is 1. The van der Waals surface area contributed by atoms with Gasteiger partial charge in [-0.2, -0.15) is 0 Å². The third-order valence-electron chi connectivity index (χ3n) is 6.53. The molecule has 2 aliphatic heterocycles. The van der Waals surface area contributed by atoms with Crippen LogP contribution in [0.1, 0.15) is 18.4 Å². The number of anilines is 1. The van der Waals surface area contributed by atoms with E-state index >= 15 is 0 Å². The summed E-state index contributed by atoms with van der Waals surface area (Å²) >= 11 is 0. The molecule has 0 saturated carbocycles. The Kier molecular flexibility index (Phi) is 5.35. The number of aromatic nitrogens is 1. The number of hydrogen-bond acceptors (Lipinski definition) is 4. The molecule has 0 unspecified atom stereocenters. The first kappa shape index (κ1) is 20.6. The molecule has 1 spiro atoms. The highest BCUT2D eigenvalue weighted by Crippen LogP contribution is 2.36. The van der Waals surface area contributed by atoms with Crippen LogP contribution in [0.4, 0.5) is 14.5 Å². The fourth-order valence-electron chi connectivity index (χ4n) is 4.74. The summed E-state index contributed by atoms with van der Waals surface area (Å²) < 4.78 is 26.6. The first-order valence-electron chi connectivity index (χ1n) is 10.8. The van der Waals surface area contributed by atoms with Crippen LogP contribution < -0.4 is 10.2 Å². The summed E-state index contributed by atoms with van der Waals surface area (Å²) in [6.07, 6.45) is 3.18. The molecule has 2 aromatic carbocycles. The van der Waals surface area contributed by atoms with Crippen molar-refractivity contribution < 1.29 is 13.6 Å². The maximum Gasteiger partial charge on any atom is 0.247 e. The van der Waals surface area contributed by atoms with Gasteiger partial charge in [0, 0.05) is 37.1 Å². The van der Waals surface area contributed by atoms with Crippen molar-refractivity contribution in [2.45, 2.75) is 24.9 Å². The summed E-state index contributed by atoms with van der Waals surface area (Å²) in [7, 11) is 0. The van der Waals surface area contributed by atoms with E-state index in [9.17, 15) is 13.6 Å². The summed E-state index contributed by atoms with van der Waals surface area (Å²) in [5, 5.41) is 2.98. The van der Waals surface area contributed by atoms with Gasteiger partial charge < -0.3 is 10.2 Å². The third kappa shape index (κ3) is 3.84. The number of carbonyl (C=O) groups is 1. The Balaban J connectivity index is 1.28. The van der Waals surface area contributed by atoms with Crippen molar-refractivity contribution in [3.8, 4) is 11.3 Å². The molecule has 1 N–H and O–H groups in total. The van der Waals surface area contributed by atoms with E-state index in [-0.39, 0.29) is 17.5 Å². The fourth-order valence-corrected chi connectivity index (χ4v) is 4.74. The molecular formula is C25H24F2N4O. The predicted molar refractivity (Wildman–Crippen MR) is 119 cm³/mol. The molecule has 0 radical (unpaired) electrons. The Morgan fingerprint density at radius 1 is 0.938 bits per heavy atom. The molecule has 7 heteroatoms. The van der Waals surface area contributed by atoms with E-state index in [0.717, 1.165) is 42.1 Å². The number of piperidine rings is 1. The second-order valence-corrected chi connectivity index (χ2v) is 8.43. The summed E-state index contributed by atoms with van der Waals surface area (Å²) in [5.41, 5.74) is 3.08. The molecule has 0 aliphatic carbocycles. The summed E-state index contributed by atoms with van der Waals surface area (Å²) in [4.78, 5) is 21.6. The molecular weight excluding hydrogens is 410 g/mol. The normalized spacial score (nSPS) is 18.2. The number of hydrogen-bond donors (Lipinski definition) is 1. The fraction of sp³-hybridized carbons (Fsp3) is 0.280. The van der Waals surface area contributed by atoms with Crippen molar-refractivity contribution in [2.75, 3.05) is 24.7 Å². The predicted octanol–water partition coefficient (Wildman–Crippen LogP) is 3.96. The summed E-state index contributed by atoms with van der Waals surface area (Å²) in [5.74, 6) is -0.504. The number of carbonyl (C=O) groups excluding carboxylic acids is 1. The van der Waals surface area contributed by atoms with Gasteiger partial charge in [-0.1, -0.05) is 0 Å². The van der Waals surface area contributed by atoms with Crippen LogP contribution in [0.15, 0.2) is 66.9 Å². The van der Waals surface area contributed by atoms with Gasteiger partial charge in [0.05, 0.1) is 12.4 Å². The average Bonchev–Trinajstić information content (AvgIpc) is 3.12. The highest BCUT2D eigenvalue weighted by atomic mass is 19.1. The Morgan fingerprint density at radius 2 is 1.59 bits per heavy atom. The van der Waals surface area contributed by atoms with Gasteiger partial charge in [-0.25, -0.2) is 8.78 Å². The standard InChI is InChI=1S/C25H24F2N4O/c26-20-3-1-19(2-4-20)23-15-18(9-12-28-23)16-30-13-10-25(11-14-30)24(32)29-17-31(25)22-7-5-21(27)6-8-22/h1-9,12,15H,10-11,13-14,16-17H2,(H,29,32). The molecule has 3 aromatic rings. The molecule has 0 bridgehead atoms. The van der Waals surface area contributed by atoms with Gasteiger partial charge in [-0.05, 0) is 79.1 Å². The van der Waals surface area contributed by atoms with E-state index in [4.69, 9.17) is 0 Å². The largest absolute Gasteiger partial charge is 0.339 e. The topological polar surface area (TPSA) is 48.5 Å². The van der Waals surface area contributed by atoms with Gasteiger partial charge in [-0.15, -0.1) is 0 Å². The molecule has 2 fully saturated rings. The van der Waals surface area contributed by atoms with Crippen LogP contribution in [0.2, 0.25) is 0 Å².